The molecule has 10 heteroatoms. The predicted octanol–water partition coefficient (Wildman–Crippen LogP) is 1.95. The van der Waals surface area contributed by atoms with Crippen LogP contribution < -0.4 is 26.7 Å². The highest BCUT2D eigenvalue weighted by atomic mass is 32.1. The fraction of sp³-hybridized carbons (Fsp3) is 0.100. The highest BCUT2D eigenvalue weighted by Gasteiger charge is 2.18. The maximum absolute atomic E-state index is 12.3. The van der Waals surface area contributed by atoms with Gasteiger partial charge in [-0.25, -0.2) is 9.36 Å². The van der Waals surface area contributed by atoms with Gasteiger partial charge in [0.15, 0.2) is 5.11 Å². The molecule has 2 aromatic carbocycles. The Morgan fingerprint density at radius 3 is 2.43 bits per heavy atom. The standard InChI is InChI=1S/C20H19N5O4S/c1-12(23-24-19(30)21-13-6-4-3-5-7-13)16-17(26)22-20(28)25(18(16)27)14-8-10-15(29-2)11-9-14/h3-11,27H,1-2H3,(H2,21,24,30)(H,22,26,28). The van der Waals surface area contributed by atoms with Gasteiger partial charge >= 0.3 is 5.69 Å². The number of aromatic amines is 1. The van der Waals surface area contributed by atoms with E-state index in [1.54, 1.807) is 24.3 Å². The Balaban J connectivity index is 1.90. The quantitative estimate of drug-likeness (QED) is 0.280. The maximum atomic E-state index is 12.3. The van der Waals surface area contributed by atoms with Crippen molar-refractivity contribution in [1.82, 2.24) is 15.0 Å². The molecule has 0 saturated carbocycles. The Kier molecular flexibility index (Phi) is 6.28. The molecule has 0 atom stereocenters. The van der Waals surface area contributed by atoms with E-state index in [1.165, 1.54) is 14.0 Å². The van der Waals surface area contributed by atoms with Crippen LogP contribution in [0, 0.1) is 0 Å². The number of thiocarbonyl (C=S) groups is 1. The number of hydrogen-bond donors (Lipinski definition) is 4. The van der Waals surface area contributed by atoms with Crippen LogP contribution in [0.15, 0.2) is 69.3 Å². The first-order valence-corrected chi connectivity index (χ1v) is 9.21. The third-order valence-electron chi connectivity index (χ3n) is 4.14. The van der Waals surface area contributed by atoms with Crippen LogP contribution in [0.5, 0.6) is 11.6 Å². The SMILES string of the molecule is COc1ccc(-n2c(O)c(C(C)=NNC(=S)Nc3ccccc3)c(=O)[nH]c2=O)cc1. The molecular weight excluding hydrogens is 406 g/mol. The number of anilines is 1. The van der Waals surface area contributed by atoms with E-state index in [4.69, 9.17) is 17.0 Å². The van der Waals surface area contributed by atoms with Crippen molar-refractivity contribution in [3.63, 3.8) is 0 Å². The monoisotopic (exact) mass is 425 g/mol. The van der Waals surface area contributed by atoms with Gasteiger partial charge in [-0.2, -0.15) is 5.10 Å². The zero-order chi connectivity index (χ0) is 21.7. The minimum absolute atomic E-state index is 0.133. The van der Waals surface area contributed by atoms with Crippen LogP contribution >= 0.6 is 12.2 Å². The molecule has 9 nitrogen and oxygen atoms in total. The molecular formula is C20H19N5O4S. The van der Waals surface area contributed by atoms with Crippen LogP contribution in [0.1, 0.15) is 12.5 Å². The molecule has 0 fully saturated rings. The van der Waals surface area contributed by atoms with E-state index < -0.39 is 17.1 Å². The van der Waals surface area contributed by atoms with Crippen molar-refractivity contribution in [3.05, 3.63) is 81.0 Å². The minimum atomic E-state index is -0.784. The molecule has 0 amide bonds. The van der Waals surface area contributed by atoms with Crippen molar-refractivity contribution < 1.29 is 9.84 Å². The summed E-state index contributed by atoms with van der Waals surface area (Å²) in [6, 6.07) is 15.6. The Hall–Kier alpha value is -3.92. The van der Waals surface area contributed by atoms with Gasteiger partial charge in [0, 0.05) is 5.69 Å². The van der Waals surface area contributed by atoms with E-state index in [0.717, 1.165) is 10.3 Å². The zero-order valence-corrected chi connectivity index (χ0v) is 17.0. The van der Waals surface area contributed by atoms with Crippen LogP contribution in [0.4, 0.5) is 5.69 Å². The van der Waals surface area contributed by atoms with Gasteiger partial charge in [0.1, 0.15) is 11.3 Å². The van der Waals surface area contributed by atoms with Gasteiger partial charge in [0.2, 0.25) is 5.88 Å². The average molecular weight is 425 g/mol. The van der Waals surface area contributed by atoms with Crippen LogP contribution in [0.2, 0.25) is 0 Å². The van der Waals surface area contributed by atoms with Gasteiger partial charge < -0.3 is 15.2 Å². The fourth-order valence-corrected chi connectivity index (χ4v) is 2.86. The van der Waals surface area contributed by atoms with E-state index in [1.807, 2.05) is 30.3 Å². The molecule has 1 heterocycles. The summed E-state index contributed by atoms with van der Waals surface area (Å²) >= 11 is 5.17. The van der Waals surface area contributed by atoms with Crippen molar-refractivity contribution >= 4 is 28.7 Å². The lowest BCUT2D eigenvalue weighted by molar-refractivity contribution is 0.414. The minimum Gasteiger partial charge on any atom is -0.497 e. The smallest absolute Gasteiger partial charge is 0.335 e. The molecule has 0 bridgehead atoms. The van der Waals surface area contributed by atoms with Crippen LogP contribution in [-0.4, -0.2) is 32.6 Å². The van der Waals surface area contributed by atoms with Crippen molar-refractivity contribution in [2.24, 2.45) is 5.10 Å². The number of hydrogen-bond acceptors (Lipinski definition) is 6. The molecule has 0 aliphatic rings. The summed E-state index contributed by atoms with van der Waals surface area (Å²) in [5.74, 6) is 0.0382. The second-order valence-electron chi connectivity index (χ2n) is 6.12. The largest absolute Gasteiger partial charge is 0.497 e. The number of para-hydroxylation sites is 1. The molecule has 0 saturated heterocycles. The molecule has 0 aliphatic heterocycles. The van der Waals surface area contributed by atoms with Gasteiger partial charge in [0.25, 0.3) is 5.56 Å². The van der Waals surface area contributed by atoms with Crippen molar-refractivity contribution in [1.29, 1.82) is 0 Å². The summed E-state index contributed by atoms with van der Waals surface area (Å²) in [7, 11) is 1.51. The van der Waals surface area contributed by atoms with E-state index >= 15 is 0 Å². The summed E-state index contributed by atoms with van der Waals surface area (Å²) in [4.78, 5) is 26.8. The number of nitrogens with one attached hydrogen (secondary N) is 3. The van der Waals surface area contributed by atoms with Crippen molar-refractivity contribution in [3.8, 4) is 17.3 Å². The van der Waals surface area contributed by atoms with E-state index in [-0.39, 0.29) is 16.4 Å². The summed E-state index contributed by atoms with van der Waals surface area (Å²) in [5.41, 5.74) is 2.13. The lowest BCUT2D eigenvalue weighted by Crippen LogP contribution is -2.33. The van der Waals surface area contributed by atoms with Gasteiger partial charge in [-0.3, -0.25) is 15.2 Å². The predicted molar refractivity (Wildman–Crippen MR) is 119 cm³/mol. The van der Waals surface area contributed by atoms with Crippen molar-refractivity contribution in [2.45, 2.75) is 6.92 Å². The number of H-pyrrole nitrogens is 1. The molecule has 1 aromatic heterocycles. The average Bonchev–Trinajstić information content (AvgIpc) is 2.73. The number of hydrazone groups is 1. The summed E-state index contributed by atoms with van der Waals surface area (Å²) in [6.45, 7) is 1.51. The highest BCUT2D eigenvalue weighted by molar-refractivity contribution is 7.80. The Labute approximate surface area is 176 Å². The topological polar surface area (TPSA) is 121 Å². The normalized spacial score (nSPS) is 11.1. The molecule has 30 heavy (non-hydrogen) atoms. The zero-order valence-electron chi connectivity index (χ0n) is 16.2. The second-order valence-corrected chi connectivity index (χ2v) is 6.53. The summed E-state index contributed by atoms with van der Waals surface area (Å²) < 4.78 is 6.06. The number of nitrogens with zero attached hydrogens (tertiary/aromatic N) is 2. The number of benzene rings is 2. The number of ether oxygens (including phenoxy) is 1. The van der Waals surface area contributed by atoms with E-state index in [9.17, 15) is 14.7 Å². The van der Waals surface area contributed by atoms with Crippen LogP contribution in [0.25, 0.3) is 5.69 Å². The number of rotatable bonds is 5. The lowest BCUT2D eigenvalue weighted by atomic mass is 10.2. The molecule has 4 N–H and O–H groups in total. The second kappa shape index (κ2) is 9.05. The van der Waals surface area contributed by atoms with Gasteiger partial charge in [-0.1, -0.05) is 18.2 Å². The summed E-state index contributed by atoms with van der Waals surface area (Å²) in [6.07, 6.45) is 0. The van der Waals surface area contributed by atoms with Crippen LogP contribution in [-0.2, 0) is 0 Å². The summed E-state index contributed by atoms with van der Waals surface area (Å²) in [5, 5.41) is 17.8. The number of aromatic hydroxyl groups is 1. The maximum Gasteiger partial charge on any atom is 0.335 e. The molecule has 0 unspecified atom stereocenters. The van der Waals surface area contributed by atoms with Crippen LogP contribution in [0.3, 0.4) is 0 Å². The van der Waals surface area contributed by atoms with Gasteiger partial charge in [-0.05, 0) is 55.5 Å². The molecule has 154 valence electrons. The highest BCUT2D eigenvalue weighted by Crippen LogP contribution is 2.19. The first-order chi connectivity index (χ1) is 14.4. The third kappa shape index (κ3) is 4.55. The third-order valence-corrected chi connectivity index (χ3v) is 4.33. The first kappa shape index (κ1) is 20.8. The fourth-order valence-electron chi connectivity index (χ4n) is 2.69. The van der Waals surface area contributed by atoms with Gasteiger partial charge in [-0.15, -0.1) is 0 Å². The molecule has 0 spiro atoms. The molecule has 0 aliphatic carbocycles. The first-order valence-electron chi connectivity index (χ1n) is 8.80. The molecule has 3 rings (SSSR count). The molecule has 3 aromatic rings. The Morgan fingerprint density at radius 1 is 1.13 bits per heavy atom. The number of aromatic nitrogens is 2. The van der Waals surface area contributed by atoms with E-state index in [0.29, 0.717) is 11.4 Å². The lowest BCUT2D eigenvalue weighted by Gasteiger charge is -2.12. The van der Waals surface area contributed by atoms with Gasteiger partial charge in [0.05, 0.1) is 18.5 Å². The number of methoxy groups -OCH3 is 1. The Morgan fingerprint density at radius 2 is 1.80 bits per heavy atom. The van der Waals surface area contributed by atoms with Crippen molar-refractivity contribution in [2.75, 3.05) is 12.4 Å². The van der Waals surface area contributed by atoms with E-state index in [2.05, 4.69) is 20.8 Å². The Bertz CT molecular complexity index is 1200. The molecule has 0 radical (unpaired) electrons.